The van der Waals surface area contributed by atoms with Crippen molar-refractivity contribution in [2.45, 2.75) is 31.6 Å². The third-order valence-electron chi connectivity index (χ3n) is 3.53. The van der Waals surface area contributed by atoms with Crippen LogP contribution in [-0.2, 0) is 5.41 Å². The first-order valence-corrected chi connectivity index (χ1v) is 5.53. The number of nitrogens with zero attached hydrogens (tertiary/aromatic N) is 1. The highest BCUT2D eigenvalue weighted by Gasteiger charge is 2.42. The van der Waals surface area contributed by atoms with Crippen molar-refractivity contribution in [1.29, 1.82) is 5.26 Å². The van der Waals surface area contributed by atoms with Gasteiger partial charge in [0.15, 0.2) is 11.5 Å². The quantitative estimate of drug-likeness (QED) is 0.857. The van der Waals surface area contributed by atoms with Crippen LogP contribution in [0.1, 0.15) is 30.4 Å². The zero-order chi connectivity index (χ0) is 12.6. The Morgan fingerprint density at radius 2 is 2.18 bits per heavy atom. The van der Waals surface area contributed by atoms with Crippen LogP contribution < -0.4 is 4.74 Å². The van der Waals surface area contributed by atoms with Crippen LogP contribution in [-0.4, -0.2) is 12.2 Å². The lowest BCUT2D eigenvalue weighted by Crippen LogP contribution is -2.33. The first kappa shape index (κ1) is 11.7. The van der Waals surface area contributed by atoms with Crippen LogP contribution in [0, 0.1) is 24.1 Å². The van der Waals surface area contributed by atoms with Crippen LogP contribution in [0.4, 0.5) is 4.39 Å². The number of ether oxygens (including phenoxy) is 1. The average Bonchev–Trinajstić information content (AvgIpc) is 2.26. The SMILES string of the molecule is COc1c(C2(C#N)CCC2)cc(C)c(O)c1F. The predicted octanol–water partition coefficient (Wildman–Crippen LogP) is 2.79. The van der Waals surface area contributed by atoms with E-state index in [2.05, 4.69) is 6.07 Å². The van der Waals surface area contributed by atoms with Crippen molar-refractivity contribution >= 4 is 0 Å². The monoisotopic (exact) mass is 235 g/mol. The standard InChI is InChI=1S/C13H14FNO2/c1-8-6-9(13(7-15)4-3-5-13)12(17-2)10(14)11(8)16/h6,16H,3-5H2,1-2H3. The van der Waals surface area contributed by atoms with Crippen LogP contribution in [0.5, 0.6) is 11.5 Å². The summed E-state index contributed by atoms with van der Waals surface area (Å²) in [4.78, 5) is 0. The van der Waals surface area contributed by atoms with Crippen molar-refractivity contribution in [1.82, 2.24) is 0 Å². The molecule has 0 spiro atoms. The first-order chi connectivity index (χ1) is 8.05. The highest BCUT2D eigenvalue weighted by atomic mass is 19.1. The number of aromatic hydroxyl groups is 1. The maximum absolute atomic E-state index is 13.9. The number of phenolic OH excluding ortho intramolecular Hbond substituents is 1. The summed E-state index contributed by atoms with van der Waals surface area (Å²) in [5, 5.41) is 18.8. The second-order valence-electron chi connectivity index (χ2n) is 4.48. The van der Waals surface area contributed by atoms with Gasteiger partial charge in [-0.05, 0) is 37.8 Å². The fourth-order valence-electron chi connectivity index (χ4n) is 2.28. The largest absolute Gasteiger partial charge is 0.505 e. The predicted molar refractivity (Wildman–Crippen MR) is 60.5 cm³/mol. The number of hydrogen-bond donors (Lipinski definition) is 1. The number of halogens is 1. The summed E-state index contributed by atoms with van der Waals surface area (Å²) in [5.74, 6) is -1.18. The van der Waals surface area contributed by atoms with Crippen LogP contribution >= 0.6 is 0 Å². The second kappa shape index (κ2) is 3.92. The Morgan fingerprint density at radius 1 is 1.53 bits per heavy atom. The van der Waals surface area contributed by atoms with E-state index in [1.165, 1.54) is 7.11 Å². The zero-order valence-electron chi connectivity index (χ0n) is 9.88. The van der Waals surface area contributed by atoms with Crippen LogP contribution in [0.25, 0.3) is 0 Å². The Kier molecular flexibility index (Phi) is 2.70. The van der Waals surface area contributed by atoms with Crippen LogP contribution in [0.3, 0.4) is 0 Å². The van der Waals surface area contributed by atoms with Gasteiger partial charge < -0.3 is 9.84 Å². The number of aryl methyl sites for hydroxylation is 1. The number of benzene rings is 1. The minimum absolute atomic E-state index is 0.00523. The van der Waals surface area contributed by atoms with Gasteiger partial charge in [-0.1, -0.05) is 0 Å². The van der Waals surface area contributed by atoms with Gasteiger partial charge in [-0.3, -0.25) is 0 Å². The molecule has 0 aliphatic heterocycles. The van der Waals surface area contributed by atoms with Gasteiger partial charge in [0, 0.05) is 5.56 Å². The molecule has 0 amide bonds. The first-order valence-electron chi connectivity index (χ1n) is 5.53. The molecule has 4 heteroatoms. The molecule has 0 aromatic heterocycles. The molecule has 1 aromatic rings. The average molecular weight is 235 g/mol. The van der Waals surface area contributed by atoms with Crippen molar-refractivity contribution < 1.29 is 14.2 Å². The lowest BCUT2D eigenvalue weighted by molar-refractivity contribution is 0.296. The molecular weight excluding hydrogens is 221 g/mol. The number of methoxy groups -OCH3 is 1. The minimum Gasteiger partial charge on any atom is -0.505 e. The highest BCUT2D eigenvalue weighted by Crippen LogP contribution is 2.49. The molecule has 3 nitrogen and oxygen atoms in total. The van der Waals surface area contributed by atoms with E-state index in [4.69, 9.17) is 4.74 Å². The summed E-state index contributed by atoms with van der Waals surface area (Å²) in [6, 6.07) is 3.90. The fourth-order valence-corrected chi connectivity index (χ4v) is 2.28. The van der Waals surface area contributed by atoms with Crippen molar-refractivity contribution in [2.24, 2.45) is 0 Å². The summed E-state index contributed by atoms with van der Waals surface area (Å²) in [5.41, 5.74) is 0.339. The molecule has 0 atom stereocenters. The fraction of sp³-hybridized carbons (Fsp3) is 0.462. The van der Waals surface area contributed by atoms with Crippen molar-refractivity contribution in [2.75, 3.05) is 7.11 Å². The van der Waals surface area contributed by atoms with E-state index in [0.717, 1.165) is 6.42 Å². The van der Waals surface area contributed by atoms with E-state index in [1.54, 1.807) is 13.0 Å². The van der Waals surface area contributed by atoms with Crippen LogP contribution in [0.2, 0.25) is 0 Å². The van der Waals surface area contributed by atoms with Gasteiger partial charge in [-0.15, -0.1) is 0 Å². The normalized spacial score (nSPS) is 17.1. The lowest BCUT2D eigenvalue weighted by atomic mass is 9.65. The molecule has 1 N–H and O–H groups in total. The Labute approximate surface area is 99.4 Å². The molecule has 17 heavy (non-hydrogen) atoms. The molecule has 0 unspecified atom stereocenters. The van der Waals surface area contributed by atoms with E-state index >= 15 is 0 Å². The number of hydrogen-bond acceptors (Lipinski definition) is 3. The molecule has 1 aromatic carbocycles. The Hall–Kier alpha value is -1.76. The maximum Gasteiger partial charge on any atom is 0.207 e. The molecule has 1 aliphatic carbocycles. The van der Waals surface area contributed by atoms with Crippen LogP contribution in [0.15, 0.2) is 6.07 Å². The third-order valence-corrected chi connectivity index (χ3v) is 3.53. The van der Waals surface area contributed by atoms with E-state index in [9.17, 15) is 14.8 Å². The van der Waals surface area contributed by atoms with Gasteiger partial charge in [0.1, 0.15) is 0 Å². The summed E-state index contributed by atoms with van der Waals surface area (Å²) >= 11 is 0. The van der Waals surface area contributed by atoms with E-state index in [-0.39, 0.29) is 5.75 Å². The molecule has 1 aliphatic rings. The molecular formula is C13H14FNO2. The molecule has 0 radical (unpaired) electrons. The summed E-state index contributed by atoms with van der Waals surface area (Å²) < 4.78 is 18.9. The Bertz CT molecular complexity index is 501. The summed E-state index contributed by atoms with van der Waals surface area (Å²) in [6.07, 6.45) is 2.38. The van der Waals surface area contributed by atoms with E-state index in [0.29, 0.717) is 24.0 Å². The van der Waals surface area contributed by atoms with E-state index in [1.807, 2.05) is 0 Å². The topological polar surface area (TPSA) is 53.2 Å². The summed E-state index contributed by atoms with van der Waals surface area (Å²) in [6.45, 7) is 1.62. The van der Waals surface area contributed by atoms with Crippen molar-refractivity contribution in [3.63, 3.8) is 0 Å². The second-order valence-corrected chi connectivity index (χ2v) is 4.48. The maximum atomic E-state index is 13.9. The van der Waals surface area contributed by atoms with Gasteiger partial charge in [0.2, 0.25) is 5.82 Å². The molecule has 0 saturated heterocycles. The Morgan fingerprint density at radius 3 is 2.59 bits per heavy atom. The van der Waals surface area contributed by atoms with Crippen molar-refractivity contribution in [3.05, 3.63) is 23.0 Å². The van der Waals surface area contributed by atoms with Gasteiger partial charge in [0.05, 0.1) is 18.6 Å². The van der Waals surface area contributed by atoms with Gasteiger partial charge >= 0.3 is 0 Å². The third kappa shape index (κ3) is 1.54. The van der Waals surface area contributed by atoms with E-state index < -0.39 is 17.0 Å². The number of nitriles is 1. The molecule has 1 saturated carbocycles. The molecule has 90 valence electrons. The summed E-state index contributed by atoms with van der Waals surface area (Å²) in [7, 11) is 1.35. The van der Waals surface area contributed by atoms with Gasteiger partial charge in [-0.25, -0.2) is 0 Å². The number of phenols is 1. The zero-order valence-corrected chi connectivity index (χ0v) is 9.88. The molecule has 2 rings (SSSR count). The smallest absolute Gasteiger partial charge is 0.207 e. The number of rotatable bonds is 2. The van der Waals surface area contributed by atoms with Gasteiger partial charge in [0.25, 0.3) is 0 Å². The molecule has 0 bridgehead atoms. The highest BCUT2D eigenvalue weighted by molar-refractivity contribution is 5.53. The van der Waals surface area contributed by atoms with Crippen molar-refractivity contribution in [3.8, 4) is 17.6 Å². The molecule has 0 heterocycles. The molecule has 1 fully saturated rings. The lowest BCUT2D eigenvalue weighted by Gasteiger charge is -2.36. The minimum atomic E-state index is -0.774. The van der Waals surface area contributed by atoms with Gasteiger partial charge in [-0.2, -0.15) is 9.65 Å². The Balaban J connectivity index is 2.66.